The molecule has 21 heavy (non-hydrogen) atoms. The van der Waals surface area contributed by atoms with Crippen molar-refractivity contribution in [1.29, 1.82) is 5.26 Å². The highest BCUT2D eigenvalue weighted by Crippen LogP contribution is 2.31. The first-order valence-corrected chi connectivity index (χ1v) is 7.20. The van der Waals surface area contributed by atoms with Crippen LogP contribution in [0.2, 0.25) is 0 Å². The number of nitriles is 1. The second kappa shape index (κ2) is 4.61. The summed E-state index contributed by atoms with van der Waals surface area (Å²) in [6.07, 6.45) is 3.60. The smallest absolute Gasteiger partial charge is 0.251 e. The Labute approximate surface area is 121 Å². The highest BCUT2D eigenvalue weighted by Gasteiger charge is 2.40. The second-order valence-electron chi connectivity index (χ2n) is 5.89. The highest BCUT2D eigenvalue weighted by molar-refractivity contribution is 5.98. The molecule has 2 fully saturated rings. The third-order valence-electron chi connectivity index (χ3n) is 4.64. The van der Waals surface area contributed by atoms with Gasteiger partial charge in [-0.3, -0.25) is 4.79 Å². The van der Waals surface area contributed by atoms with Crippen molar-refractivity contribution >= 4 is 16.9 Å². The van der Waals surface area contributed by atoms with Gasteiger partial charge in [0.1, 0.15) is 17.9 Å². The number of hydrogen-bond donors (Lipinski definition) is 2. The Balaban J connectivity index is 1.55. The Morgan fingerprint density at radius 3 is 3.05 bits per heavy atom. The number of benzene rings is 1. The molecule has 3 unspecified atom stereocenters. The Bertz CT molecular complexity index is 758. The van der Waals surface area contributed by atoms with Crippen LogP contribution in [-0.4, -0.2) is 24.5 Å². The quantitative estimate of drug-likeness (QED) is 0.879. The molecule has 1 aromatic heterocycles. The van der Waals surface area contributed by atoms with E-state index in [2.05, 4.69) is 16.7 Å². The molecule has 0 spiro atoms. The predicted molar refractivity (Wildman–Crippen MR) is 76.7 cm³/mol. The van der Waals surface area contributed by atoms with E-state index in [-0.39, 0.29) is 11.9 Å². The lowest BCUT2D eigenvalue weighted by atomic mass is 10.0. The van der Waals surface area contributed by atoms with Crippen molar-refractivity contribution in [2.45, 2.75) is 24.9 Å². The summed E-state index contributed by atoms with van der Waals surface area (Å²) in [6.45, 7) is 0.998. The van der Waals surface area contributed by atoms with E-state index in [1.807, 2.05) is 0 Å². The van der Waals surface area contributed by atoms with Crippen molar-refractivity contribution < 1.29 is 9.21 Å². The van der Waals surface area contributed by atoms with Crippen LogP contribution in [0.4, 0.5) is 0 Å². The third kappa shape index (κ3) is 1.99. The van der Waals surface area contributed by atoms with Gasteiger partial charge in [0.25, 0.3) is 5.91 Å². The predicted octanol–water partition coefficient (Wildman–Crippen LogP) is 1.78. The maximum Gasteiger partial charge on any atom is 0.251 e. The number of piperidine rings is 1. The summed E-state index contributed by atoms with van der Waals surface area (Å²) in [6, 6.07) is 8.13. The fraction of sp³-hybridized carbons (Fsp3) is 0.375. The first kappa shape index (κ1) is 12.4. The van der Waals surface area contributed by atoms with E-state index >= 15 is 0 Å². The number of amides is 1. The summed E-state index contributed by atoms with van der Waals surface area (Å²) >= 11 is 0. The molecule has 1 saturated carbocycles. The van der Waals surface area contributed by atoms with Gasteiger partial charge in [0.05, 0.1) is 5.56 Å². The van der Waals surface area contributed by atoms with Crippen molar-refractivity contribution in [2.75, 3.05) is 6.54 Å². The second-order valence-corrected chi connectivity index (χ2v) is 5.89. The molecule has 5 heteroatoms. The van der Waals surface area contributed by atoms with E-state index in [0.29, 0.717) is 28.7 Å². The lowest BCUT2D eigenvalue weighted by Crippen LogP contribution is -2.44. The molecule has 5 nitrogen and oxygen atoms in total. The highest BCUT2D eigenvalue weighted by atomic mass is 16.3. The molecule has 2 N–H and O–H groups in total. The molecule has 2 heterocycles. The zero-order chi connectivity index (χ0) is 14.4. The number of carbonyl (C=O) groups is 1. The molecule has 0 radical (unpaired) electrons. The van der Waals surface area contributed by atoms with Crippen LogP contribution in [0, 0.1) is 17.2 Å². The molecule has 1 saturated heterocycles. The minimum absolute atomic E-state index is 0.0654. The minimum atomic E-state index is -0.0654. The zero-order valence-corrected chi connectivity index (χ0v) is 11.4. The topological polar surface area (TPSA) is 78.1 Å². The van der Waals surface area contributed by atoms with Gasteiger partial charge in [-0.2, -0.15) is 5.26 Å². The first-order chi connectivity index (χ1) is 10.2. The van der Waals surface area contributed by atoms with Gasteiger partial charge in [0, 0.05) is 29.6 Å². The average Bonchev–Trinajstić information content (AvgIpc) is 3.21. The van der Waals surface area contributed by atoms with Gasteiger partial charge in [-0.05, 0) is 37.0 Å². The van der Waals surface area contributed by atoms with E-state index in [4.69, 9.17) is 9.68 Å². The van der Waals surface area contributed by atoms with Crippen molar-refractivity contribution in [3.63, 3.8) is 0 Å². The molecule has 2 aromatic rings. The van der Waals surface area contributed by atoms with E-state index in [9.17, 15) is 4.79 Å². The number of carbonyl (C=O) groups excluding carboxylic acids is 1. The summed E-state index contributed by atoms with van der Waals surface area (Å²) in [5.74, 6) is 0.487. The largest absolute Gasteiger partial charge is 0.463 e. The van der Waals surface area contributed by atoms with Gasteiger partial charge in [0.2, 0.25) is 0 Å². The molecule has 106 valence electrons. The molecular weight excluding hydrogens is 266 g/mol. The Morgan fingerprint density at radius 1 is 1.43 bits per heavy atom. The van der Waals surface area contributed by atoms with Gasteiger partial charge in [-0.15, -0.1) is 0 Å². The van der Waals surface area contributed by atoms with E-state index in [1.165, 1.54) is 6.26 Å². The van der Waals surface area contributed by atoms with Gasteiger partial charge in [0.15, 0.2) is 0 Å². The molecule has 1 aliphatic carbocycles. The maximum absolute atomic E-state index is 12.4. The third-order valence-corrected chi connectivity index (χ3v) is 4.64. The van der Waals surface area contributed by atoms with Crippen LogP contribution in [-0.2, 0) is 0 Å². The fourth-order valence-corrected chi connectivity index (χ4v) is 3.52. The Hall–Kier alpha value is -2.32. The van der Waals surface area contributed by atoms with Crippen molar-refractivity contribution in [1.82, 2.24) is 10.6 Å². The van der Waals surface area contributed by atoms with Crippen LogP contribution in [0.1, 0.15) is 28.8 Å². The average molecular weight is 281 g/mol. The first-order valence-electron chi connectivity index (χ1n) is 7.20. The number of furan rings is 1. The van der Waals surface area contributed by atoms with Gasteiger partial charge < -0.3 is 15.1 Å². The monoisotopic (exact) mass is 281 g/mol. The molecule has 1 aliphatic heterocycles. The lowest BCUT2D eigenvalue weighted by molar-refractivity contribution is 0.0925. The van der Waals surface area contributed by atoms with Gasteiger partial charge in [-0.25, -0.2) is 0 Å². The molecule has 4 rings (SSSR count). The molecule has 2 bridgehead atoms. The number of rotatable bonds is 2. The summed E-state index contributed by atoms with van der Waals surface area (Å²) in [7, 11) is 0. The maximum atomic E-state index is 12.4. The standard InChI is InChI=1S/C16H15N3O2/c17-6-11-8-21-15-4-9(1-2-13(11)15)16(20)19-14-5-12-3-10(14)7-18-12/h1-2,4,8,10,12,14,18H,3,5,7H2,(H,19,20). The van der Waals surface area contributed by atoms with Crippen LogP contribution in [0.5, 0.6) is 0 Å². The Morgan fingerprint density at radius 2 is 2.33 bits per heavy atom. The molecular formula is C16H15N3O2. The summed E-state index contributed by atoms with van der Waals surface area (Å²) < 4.78 is 5.34. The zero-order valence-electron chi connectivity index (χ0n) is 11.4. The summed E-state index contributed by atoms with van der Waals surface area (Å²) in [4.78, 5) is 12.4. The summed E-state index contributed by atoms with van der Waals surface area (Å²) in [5, 5.41) is 16.3. The van der Waals surface area contributed by atoms with E-state index < -0.39 is 0 Å². The van der Waals surface area contributed by atoms with E-state index in [1.54, 1.807) is 18.2 Å². The lowest BCUT2D eigenvalue weighted by Gasteiger charge is -2.23. The SMILES string of the molecule is N#Cc1coc2cc(C(=O)NC3CC4CC3CN4)ccc12. The Kier molecular flexibility index (Phi) is 2.72. The number of nitrogens with one attached hydrogen (secondary N) is 2. The van der Waals surface area contributed by atoms with Crippen molar-refractivity contribution in [2.24, 2.45) is 5.92 Å². The molecule has 1 aromatic carbocycles. The van der Waals surface area contributed by atoms with E-state index in [0.717, 1.165) is 24.8 Å². The van der Waals surface area contributed by atoms with Crippen LogP contribution >= 0.6 is 0 Å². The number of nitrogens with zero attached hydrogens (tertiary/aromatic N) is 1. The summed E-state index contributed by atoms with van der Waals surface area (Å²) in [5.41, 5.74) is 1.65. The normalized spacial score (nSPS) is 26.9. The van der Waals surface area contributed by atoms with Crippen LogP contribution < -0.4 is 10.6 Å². The minimum Gasteiger partial charge on any atom is -0.463 e. The van der Waals surface area contributed by atoms with Crippen LogP contribution in [0.15, 0.2) is 28.9 Å². The van der Waals surface area contributed by atoms with Crippen LogP contribution in [0.25, 0.3) is 11.0 Å². The molecule has 3 atom stereocenters. The van der Waals surface area contributed by atoms with Gasteiger partial charge in [-0.1, -0.05) is 0 Å². The van der Waals surface area contributed by atoms with Crippen molar-refractivity contribution in [3.8, 4) is 6.07 Å². The van der Waals surface area contributed by atoms with Gasteiger partial charge >= 0.3 is 0 Å². The molecule has 2 aliphatic rings. The number of fused-ring (bicyclic) bond motifs is 3. The number of hydrogen-bond acceptors (Lipinski definition) is 4. The van der Waals surface area contributed by atoms with Crippen LogP contribution in [0.3, 0.4) is 0 Å². The fourth-order valence-electron chi connectivity index (χ4n) is 3.52. The molecule has 1 amide bonds. The van der Waals surface area contributed by atoms with Crippen molar-refractivity contribution in [3.05, 3.63) is 35.6 Å².